The topological polar surface area (TPSA) is 29.5 Å². The fourth-order valence-electron chi connectivity index (χ4n) is 2.21. The highest BCUT2D eigenvalue weighted by Gasteiger charge is 2.28. The van der Waals surface area contributed by atoms with E-state index in [1.807, 2.05) is 36.4 Å². The molecular weight excluding hydrogens is 200 g/mol. The summed E-state index contributed by atoms with van der Waals surface area (Å²) in [6.45, 7) is 3.72. The summed E-state index contributed by atoms with van der Waals surface area (Å²) >= 11 is 0. The van der Waals surface area contributed by atoms with Crippen LogP contribution in [0.3, 0.4) is 0 Å². The third-order valence-electron chi connectivity index (χ3n) is 2.98. The van der Waals surface area contributed by atoms with Crippen molar-refractivity contribution in [2.45, 2.75) is 37.6 Å². The average molecular weight is 218 g/mol. The Bertz CT molecular complexity index is 334. The van der Waals surface area contributed by atoms with E-state index in [9.17, 15) is 5.11 Å². The Morgan fingerprint density at radius 2 is 2.06 bits per heavy atom. The van der Waals surface area contributed by atoms with Crippen molar-refractivity contribution in [1.82, 2.24) is 0 Å². The first-order valence-corrected chi connectivity index (χ1v) is 5.79. The third kappa shape index (κ3) is 2.71. The first-order valence-electron chi connectivity index (χ1n) is 5.79. The summed E-state index contributed by atoms with van der Waals surface area (Å²) < 4.78 is 5.95. The summed E-state index contributed by atoms with van der Waals surface area (Å²) in [5.41, 5.74) is 1.15. The molecule has 1 N–H and O–H groups in total. The van der Waals surface area contributed by atoms with Crippen molar-refractivity contribution < 1.29 is 9.84 Å². The Labute approximate surface area is 96.6 Å². The van der Waals surface area contributed by atoms with Crippen LogP contribution in [0.1, 0.15) is 30.9 Å². The predicted molar refractivity (Wildman–Crippen MR) is 64.1 cm³/mol. The van der Waals surface area contributed by atoms with Crippen LogP contribution in [0.25, 0.3) is 0 Å². The van der Waals surface area contributed by atoms with Crippen molar-refractivity contribution >= 4 is 0 Å². The largest absolute Gasteiger partial charge is 0.393 e. The lowest BCUT2D eigenvalue weighted by Crippen LogP contribution is -2.30. The van der Waals surface area contributed by atoms with Gasteiger partial charge in [0.25, 0.3) is 0 Å². The second-order valence-corrected chi connectivity index (χ2v) is 4.31. The maximum atomic E-state index is 9.82. The first kappa shape index (κ1) is 11.4. The molecular formula is C14H18O2. The molecule has 1 aliphatic rings. The van der Waals surface area contributed by atoms with Crippen LogP contribution in [-0.2, 0) is 4.74 Å². The van der Waals surface area contributed by atoms with Gasteiger partial charge in [-0.05, 0) is 18.4 Å². The smallest absolute Gasteiger partial charge is 0.0853 e. The lowest BCUT2D eigenvalue weighted by atomic mass is 9.95. The molecule has 1 fully saturated rings. The van der Waals surface area contributed by atoms with E-state index in [1.54, 1.807) is 0 Å². The van der Waals surface area contributed by atoms with Crippen molar-refractivity contribution in [2.75, 3.05) is 0 Å². The van der Waals surface area contributed by atoms with Gasteiger partial charge in [0.05, 0.1) is 18.3 Å². The van der Waals surface area contributed by atoms with E-state index in [0.717, 1.165) is 18.4 Å². The molecule has 1 aliphatic heterocycles. The molecule has 1 aromatic carbocycles. The molecule has 16 heavy (non-hydrogen) atoms. The Kier molecular flexibility index (Phi) is 3.75. The van der Waals surface area contributed by atoms with Crippen LogP contribution in [0.4, 0.5) is 0 Å². The fraction of sp³-hybridized carbons (Fsp3) is 0.429. The SMILES string of the molecule is C=CC[C@@H]1C[C@H](O)C[C@H](c2ccccc2)O1. The maximum absolute atomic E-state index is 9.82. The van der Waals surface area contributed by atoms with E-state index < -0.39 is 0 Å². The van der Waals surface area contributed by atoms with Crippen LogP contribution in [-0.4, -0.2) is 17.3 Å². The third-order valence-corrected chi connectivity index (χ3v) is 2.98. The quantitative estimate of drug-likeness (QED) is 0.790. The molecule has 0 amide bonds. The minimum absolute atomic E-state index is 0.0231. The normalized spacial score (nSPS) is 29.9. The van der Waals surface area contributed by atoms with Gasteiger partial charge in [0.2, 0.25) is 0 Å². The lowest BCUT2D eigenvalue weighted by Gasteiger charge is -2.33. The van der Waals surface area contributed by atoms with Crippen molar-refractivity contribution in [3.05, 3.63) is 48.6 Å². The summed E-state index contributed by atoms with van der Waals surface area (Å²) in [5, 5.41) is 9.82. The first-order chi connectivity index (χ1) is 7.79. The summed E-state index contributed by atoms with van der Waals surface area (Å²) in [7, 11) is 0. The lowest BCUT2D eigenvalue weighted by molar-refractivity contribution is -0.0957. The Hall–Kier alpha value is -1.12. The van der Waals surface area contributed by atoms with Gasteiger partial charge >= 0.3 is 0 Å². The summed E-state index contributed by atoms with van der Waals surface area (Å²) in [6.07, 6.45) is 3.93. The second kappa shape index (κ2) is 5.28. The highest BCUT2D eigenvalue weighted by molar-refractivity contribution is 5.18. The van der Waals surface area contributed by atoms with Gasteiger partial charge in [-0.25, -0.2) is 0 Å². The number of aliphatic hydroxyl groups excluding tert-OH is 1. The van der Waals surface area contributed by atoms with Gasteiger partial charge < -0.3 is 9.84 Å². The highest BCUT2D eigenvalue weighted by Crippen LogP contribution is 2.32. The van der Waals surface area contributed by atoms with E-state index in [0.29, 0.717) is 6.42 Å². The minimum Gasteiger partial charge on any atom is -0.393 e. The Balaban J connectivity index is 2.07. The summed E-state index contributed by atoms with van der Waals surface area (Å²) in [5.74, 6) is 0. The average Bonchev–Trinajstić information content (AvgIpc) is 2.30. The number of aliphatic hydroxyl groups is 1. The summed E-state index contributed by atoms with van der Waals surface area (Å²) in [4.78, 5) is 0. The molecule has 3 atom stereocenters. The maximum Gasteiger partial charge on any atom is 0.0853 e. The van der Waals surface area contributed by atoms with E-state index in [1.165, 1.54) is 0 Å². The standard InChI is InChI=1S/C14H18O2/c1-2-6-13-9-12(15)10-14(16-13)11-7-4-3-5-8-11/h2-5,7-8,12-15H,1,6,9-10H2/t12-,13+,14+/m0/s1. The van der Waals surface area contributed by atoms with Gasteiger partial charge in [-0.1, -0.05) is 36.4 Å². The van der Waals surface area contributed by atoms with Crippen LogP contribution in [0.2, 0.25) is 0 Å². The van der Waals surface area contributed by atoms with Crippen LogP contribution < -0.4 is 0 Å². The van der Waals surface area contributed by atoms with Gasteiger partial charge in [0.15, 0.2) is 0 Å². The number of ether oxygens (including phenoxy) is 1. The zero-order valence-electron chi connectivity index (χ0n) is 9.38. The molecule has 86 valence electrons. The van der Waals surface area contributed by atoms with Crippen LogP contribution in [0.15, 0.2) is 43.0 Å². The van der Waals surface area contributed by atoms with Gasteiger partial charge in [0.1, 0.15) is 0 Å². The monoisotopic (exact) mass is 218 g/mol. The van der Waals surface area contributed by atoms with Gasteiger partial charge in [-0.15, -0.1) is 6.58 Å². The van der Waals surface area contributed by atoms with E-state index in [-0.39, 0.29) is 18.3 Å². The molecule has 0 saturated carbocycles. The molecule has 0 aromatic heterocycles. The fourth-order valence-corrected chi connectivity index (χ4v) is 2.21. The summed E-state index contributed by atoms with van der Waals surface area (Å²) in [6, 6.07) is 10.1. The number of hydrogen-bond donors (Lipinski definition) is 1. The minimum atomic E-state index is -0.260. The van der Waals surface area contributed by atoms with Crippen molar-refractivity contribution in [3.8, 4) is 0 Å². The predicted octanol–water partition coefficient (Wildman–Crippen LogP) is 2.84. The van der Waals surface area contributed by atoms with Crippen LogP contribution in [0, 0.1) is 0 Å². The van der Waals surface area contributed by atoms with Gasteiger partial charge in [-0.2, -0.15) is 0 Å². The molecule has 0 bridgehead atoms. The molecule has 2 rings (SSSR count). The molecule has 1 saturated heterocycles. The molecule has 0 unspecified atom stereocenters. The molecule has 0 spiro atoms. The van der Waals surface area contributed by atoms with Gasteiger partial charge in [0, 0.05) is 6.42 Å². The Morgan fingerprint density at radius 3 is 2.75 bits per heavy atom. The van der Waals surface area contributed by atoms with E-state index >= 15 is 0 Å². The second-order valence-electron chi connectivity index (χ2n) is 4.31. The molecule has 0 radical (unpaired) electrons. The molecule has 0 aliphatic carbocycles. The number of hydrogen-bond acceptors (Lipinski definition) is 2. The number of benzene rings is 1. The van der Waals surface area contributed by atoms with Crippen molar-refractivity contribution in [2.24, 2.45) is 0 Å². The molecule has 1 aromatic rings. The zero-order valence-corrected chi connectivity index (χ0v) is 9.38. The van der Waals surface area contributed by atoms with Crippen LogP contribution >= 0.6 is 0 Å². The van der Waals surface area contributed by atoms with Crippen LogP contribution in [0.5, 0.6) is 0 Å². The molecule has 1 heterocycles. The van der Waals surface area contributed by atoms with E-state index in [2.05, 4.69) is 6.58 Å². The number of rotatable bonds is 3. The van der Waals surface area contributed by atoms with Crippen molar-refractivity contribution in [1.29, 1.82) is 0 Å². The molecule has 2 nitrogen and oxygen atoms in total. The highest BCUT2D eigenvalue weighted by atomic mass is 16.5. The van der Waals surface area contributed by atoms with E-state index in [4.69, 9.17) is 4.74 Å². The Morgan fingerprint density at radius 1 is 1.31 bits per heavy atom. The van der Waals surface area contributed by atoms with Crippen molar-refractivity contribution in [3.63, 3.8) is 0 Å². The van der Waals surface area contributed by atoms with Gasteiger partial charge in [-0.3, -0.25) is 0 Å². The molecule has 2 heteroatoms. The zero-order chi connectivity index (χ0) is 11.4.